The normalized spacial score (nSPS) is 18.7. The van der Waals surface area contributed by atoms with Crippen LogP contribution in [0, 0.1) is 5.92 Å². The summed E-state index contributed by atoms with van der Waals surface area (Å²) >= 11 is 0. The number of carbonyl (C=O) groups excluding carboxylic acids is 1. The van der Waals surface area contributed by atoms with Crippen molar-refractivity contribution in [3.05, 3.63) is 18.2 Å². The number of amides is 2. The Morgan fingerprint density at radius 2 is 2.32 bits per heavy atom. The maximum atomic E-state index is 12.4. The lowest BCUT2D eigenvalue weighted by atomic mass is 10.0. The van der Waals surface area contributed by atoms with Gasteiger partial charge in [0, 0.05) is 38.1 Å². The predicted molar refractivity (Wildman–Crippen MR) is 85.3 cm³/mol. The van der Waals surface area contributed by atoms with E-state index in [0.717, 1.165) is 38.2 Å². The third kappa shape index (κ3) is 4.47. The van der Waals surface area contributed by atoms with Crippen LogP contribution in [0.1, 0.15) is 45.4 Å². The highest BCUT2D eigenvalue weighted by atomic mass is 16.3. The molecule has 2 amide bonds. The molecule has 1 aliphatic heterocycles. The van der Waals surface area contributed by atoms with Crippen molar-refractivity contribution in [2.75, 3.05) is 13.2 Å². The van der Waals surface area contributed by atoms with E-state index < -0.39 is 0 Å². The maximum Gasteiger partial charge on any atom is 0.318 e. The fourth-order valence-corrected chi connectivity index (χ4v) is 3.04. The third-order valence-electron chi connectivity index (χ3n) is 4.11. The zero-order chi connectivity index (χ0) is 15.9. The summed E-state index contributed by atoms with van der Waals surface area (Å²) in [7, 11) is 0. The minimum absolute atomic E-state index is 0.0442. The number of nitrogens with one attached hydrogen (secondary N) is 1. The number of aliphatic hydroxyl groups excluding tert-OH is 1. The molecule has 124 valence electrons. The summed E-state index contributed by atoms with van der Waals surface area (Å²) in [4.78, 5) is 18.6. The van der Waals surface area contributed by atoms with E-state index in [1.807, 2.05) is 11.1 Å². The highest BCUT2D eigenvalue weighted by Gasteiger charge is 2.26. The molecular formula is C16H28N4O2. The second-order valence-corrected chi connectivity index (χ2v) is 6.40. The summed E-state index contributed by atoms with van der Waals surface area (Å²) in [5.74, 6) is 1.43. The zero-order valence-electron chi connectivity index (χ0n) is 13.7. The van der Waals surface area contributed by atoms with Crippen LogP contribution in [0.25, 0.3) is 0 Å². The molecule has 6 heteroatoms. The van der Waals surface area contributed by atoms with Gasteiger partial charge >= 0.3 is 6.03 Å². The van der Waals surface area contributed by atoms with Gasteiger partial charge in [0.1, 0.15) is 5.82 Å². The molecule has 0 aliphatic carbocycles. The molecule has 1 atom stereocenters. The van der Waals surface area contributed by atoms with Gasteiger partial charge in [-0.15, -0.1) is 0 Å². The van der Waals surface area contributed by atoms with Crippen molar-refractivity contribution in [3.8, 4) is 0 Å². The van der Waals surface area contributed by atoms with E-state index in [4.69, 9.17) is 5.11 Å². The van der Waals surface area contributed by atoms with E-state index >= 15 is 0 Å². The Morgan fingerprint density at radius 1 is 1.50 bits per heavy atom. The number of imidazole rings is 1. The van der Waals surface area contributed by atoms with E-state index in [9.17, 15) is 4.79 Å². The van der Waals surface area contributed by atoms with Gasteiger partial charge in [0.2, 0.25) is 0 Å². The molecule has 1 fully saturated rings. The second kappa shape index (κ2) is 8.17. The van der Waals surface area contributed by atoms with E-state index in [0.29, 0.717) is 18.9 Å². The molecule has 1 aromatic rings. The second-order valence-electron chi connectivity index (χ2n) is 6.40. The van der Waals surface area contributed by atoms with Crippen LogP contribution in [0.15, 0.2) is 12.4 Å². The molecule has 2 heterocycles. The Morgan fingerprint density at radius 3 is 3.05 bits per heavy atom. The number of rotatable bonds is 6. The number of urea groups is 1. The lowest BCUT2D eigenvalue weighted by molar-refractivity contribution is 0.131. The van der Waals surface area contributed by atoms with Crippen molar-refractivity contribution in [3.63, 3.8) is 0 Å². The van der Waals surface area contributed by atoms with Crippen LogP contribution in [-0.2, 0) is 13.1 Å². The molecule has 0 aromatic carbocycles. The Balaban J connectivity index is 1.90. The molecule has 2 rings (SSSR count). The van der Waals surface area contributed by atoms with Gasteiger partial charge in [-0.2, -0.15) is 0 Å². The number of piperidine rings is 1. The summed E-state index contributed by atoms with van der Waals surface area (Å²) in [5.41, 5.74) is 0. The standard InChI is InChI=1S/C16H28N4O2/c1-13(2)12-19-9-7-17-15(19)11-18-16(22)20-8-4-3-5-14(20)6-10-21/h7,9,13-14,21H,3-6,8,10-12H2,1-2H3,(H,18,22). The van der Waals surface area contributed by atoms with Gasteiger partial charge in [-0.1, -0.05) is 13.8 Å². The number of nitrogens with zero attached hydrogens (tertiary/aromatic N) is 3. The molecule has 1 aliphatic rings. The van der Waals surface area contributed by atoms with E-state index in [-0.39, 0.29) is 18.7 Å². The van der Waals surface area contributed by atoms with Crippen LogP contribution in [0.5, 0.6) is 0 Å². The van der Waals surface area contributed by atoms with Crippen molar-refractivity contribution in [2.45, 2.75) is 58.7 Å². The van der Waals surface area contributed by atoms with Crippen molar-refractivity contribution >= 4 is 6.03 Å². The fourth-order valence-electron chi connectivity index (χ4n) is 3.04. The monoisotopic (exact) mass is 308 g/mol. The van der Waals surface area contributed by atoms with Crippen molar-refractivity contribution < 1.29 is 9.90 Å². The lowest BCUT2D eigenvalue weighted by Crippen LogP contribution is -2.48. The maximum absolute atomic E-state index is 12.4. The highest BCUT2D eigenvalue weighted by molar-refractivity contribution is 5.74. The number of aromatic nitrogens is 2. The fraction of sp³-hybridized carbons (Fsp3) is 0.750. The van der Waals surface area contributed by atoms with Crippen molar-refractivity contribution in [1.82, 2.24) is 19.8 Å². The molecule has 22 heavy (non-hydrogen) atoms. The topological polar surface area (TPSA) is 70.4 Å². The first-order valence-electron chi connectivity index (χ1n) is 8.27. The summed E-state index contributed by atoms with van der Waals surface area (Å²) in [5, 5.41) is 12.1. The van der Waals surface area contributed by atoms with E-state index in [1.165, 1.54) is 0 Å². The minimum Gasteiger partial charge on any atom is -0.396 e. The van der Waals surface area contributed by atoms with E-state index in [1.54, 1.807) is 6.20 Å². The number of carbonyl (C=O) groups is 1. The van der Waals surface area contributed by atoms with Gasteiger partial charge in [-0.25, -0.2) is 9.78 Å². The third-order valence-corrected chi connectivity index (χ3v) is 4.11. The average Bonchev–Trinajstić information content (AvgIpc) is 2.92. The first-order chi connectivity index (χ1) is 10.6. The molecule has 6 nitrogen and oxygen atoms in total. The number of hydrogen-bond donors (Lipinski definition) is 2. The first-order valence-corrected chi connectivity index (χ1v) is 8.27. The van der Waals surface area contributed by atoms with Gasteiger partial charge in [0.05, 0.1) is 6.54 Å². The Kier molecular flexibility index (Phi) is 6.24. The molecule has 0 bridgehead atoms. The van der Waals surface area contributed by atoms with Crippen molar-refractivity contribution in [1.29, 1.82) is 0 Å². The highest BCUT2D eigenvalue weighted by Crippen LogP contribution is 2.19. The predicted octanol–water partition coefficient (Wildman–Crippen LogP) is 1.99. The Hall–Kier alpha value is -1.56. The minimum atomic E-state index is -0.0442. The lowest BCUT2D eigenvalue weighted by Gasteiger charge is -2.35. The Labute approximate surface area is 132 Å². The number of likely N-dealkylation sites (tertiary alicyclic amines) is 1. The van der Waals surface area contributed by atoms with Crippen LogP contribution in [0.3, 0.4) is 0 Å². The molecule has 1 saturated heterocycles. The summed E-state index contributed by atoms with van der Waals surface area (Å²) in [6.07, 6.45) is 7.55. The molecule has 1 aromatic heterocycles. The SMILES string of the molecule is CC(C)Cn1ccnc1CNC(=O)N1CCCCC1CCO. The van der Waals surface area contributed by atoms with Gasteiger partial charge in [0.15, 0.2) is 0 Å². The number of aliphatic hydroxyl groups is 1. The summed E-state index contributed by atoms with van der Waals surface area (Å²) in [6.45, 7) is 6.58. The van der Waals surface area contributed by atoms with Crippen LogP contribution in [-0.4, -0.2) is 44.8 Å². The van der Waals surface area contributed by atoms with Crippen molar-refractivity contribution in [2.24, 2.45) is 5.92 Å². The van der Waals surface area contributed by atoms with Gasteiger partial charge in [0.25, 0.3) is 0 Å². The van der Waals surface area contributed by atoms with Gasteiger partial charge in [-0.05, 0) is 31.6 Å². The summed E-state index contributed by atoms with van der Waals surface area (Å²) in [6, 6.07) is 0.117. The number of hydrogen-bond acceptors (Lipinski definition) is 3. The molecule has 2 N–H and O–H groups in total. The van der Waals surface area contributed by atoms with Crippen LogP contribution < -0.4 is 5.32 Å². The molecule has 0 radical (unpaired) electrons. The smallest absolute Gasteiger partial charge is 0.318 e. The van der Waals surface area contributed by atoms with Crippen LogP contribution >= 0.6 is 0 Å². The van der Waals surface area contributed by atoms with Crippen LogP contribution in [0.2, 0.25) is 0 Å². The van der Waals surface area contributed by atoms with Gasteiger partial charge < -0.3 is 19.9 Å². The quantitative estimate of drug-likeness (QED) is 0.844. The first kappa shape index (κ1) is 16.8. The molecule has 0 spiro atoms. The molecule has 1 unspecified atom stereocenters. The zero-order valence-corrected chi connectivity index (χ0v) is 13.7. The Bertz CT molecular complexity index is 470. The summed E-state index contributed by atoms with van der Waals surface area (Å²) < 4.78 is 2.09. The van der Waals surface area contributed by atoms with E-state index in [2.05, 4.69) is 28.7 Å². The van der Waals surface area contributed by atoms with Gasteiger partial charge in [-0.3, -0.25) is 0 Å². The van der Waals surface area contributed by atoms with Crippen LogP contribution in [0.4, 0.5) is 4.79 Å². The average molecular weight is 308 g/mol. The largest absolute Gasteiger partial charge is 0.396 e. The molecule has 0 saturated carbocycles. The molecular weight excluding hydrogens is 280 g/mol.